The number of aryl methyl sites for hydroxylation is 2. The van der Waals surface area contributed by atoms with E-state index in [9.17, 15) is 0 Å². The van der Waals surface area contributed by atoms with E-state index in [1.54, 1.807) is 0 Å². The maximum absolute atomic E-state index is 5.51. The molecule has 0 unspecified atom stereocenters. The largest absolute Gasteiger partial charge is 0.351 e. The average molecular weight is 299 g/mol. The number of rotatable bonds is 7. The lowest BCUT2D eigenvalue weighted by atomic mass is 9.96. The molecule has 3 heteroatoms. The molecular weight excluding hydrogens is 274 g/mol. The van der Waals surface area contributed by atoms with Crippen molar-refractivity contribution in [2.45, 2.75) is 34.0 Å². The summed E-state index contributed by atoms with van der Waals surface area (Å²) in [6.45, 7) is 10.0. The van der Waals surface area contributed by atoms with Gasteiger partial charge in [0.05, 0.1) is 6.54 Å². The highest BCUT2D eigenvalue weighted by molar-refractivity contribution is 5.96. The highest BCUT2D eigenvalue weighted by Gasteiger charge is 2.07. The van der Waals surface area contributed by atoms with Gasteiger partial charge in [-0.1, -0.05) is 24.3 Å². The molecule has 0 fully saturated rings. The molecule has 118 valence electrons. The van der Waals surface area contributed by atoms with Crippen LogP contribution in [0.25, 0.3) is 10.8 Å². The second kappa shape index (κ2) is 8.06. The van der Waals surface area contributed by atoms with Gasteiger partial charge < -0.3 is 9.47 Å². The molecule has 0 bridgehead atoms. The van der Waals surface area contributed by atoms with E-state index in [0.717, 1.165) is 5.56 Å². The Bertz CT molecular complexity index is 643. The van der Waals surface area contributed by atoms with Crippen LogP contribution in [0.15, 0.2) is 35.3 Å². The first-order chi connectivity index (χ1) is 10.7. The van der Waals surface area contributed by atoms with Gasteiger partial charge in [-0.2, -0.15) is 0 Å². The molecule has 22 heavy (non-hydrogen) atoms. The normalized spacial score (nSPS) is 11.9. The van der Waals surface area contributed by atoms with Gasteiger partial charge >= 0.3 is 0 Å². The van der Waals surface area contributed by atoms with Crippen LogP contribution in [0.5, 0.6) is 0 Å². The summed E-state index contributed by atoms with van der Waals surface area (Å²) < 4.78 is 11.0. The molecule has 2 aromatic carbocycles. The third kappa shape index (κ3) is 3.93. The van der Waals surface area contributed by atoms with Crippen molar-refractivity contribution >= 4 is 17.0 Å². The fraction of sp³-hybridized carbons (Fsp3) is 0.421. The highest BCUT2D eigenvalue weighted by Crippen LogP contribution is 2.24. The van der Waals surface area contributed by atoms with Gasteiger partial charge in [0, 0.05) is 19.4 Å². The molecule has 0 radical (unpaired) electrons. The molecule has 0 heterocycles. The lowest BCUT2D eigenvalue weighted by Crippen LogP contribution is -2.20. The maximum atomic E-state index is 5.51. The van der Waals surface area contributed by atoms with Gasteiger partial charge in [-0.25, -0.2) is 0 Å². The van der Waals surface area contributed by atoms with Crippen molar-refractivity contribution < 1.29 is 9.47 Å². The van der Waals surface area contributed by atoms with E-state index in [2.05, 4.69) is 49.2 Å². The lowest BCUT2D eigenvalue weighted by Gasteiger charge is -2.14. The summed E-state index contributed by atoms with van der Waals surface area (Å²) >= 11 is 0. The first-order valence-corrected chi connectivity index (χ1v) is 7.89. The molecule has 0 N–H and O–H groups in total. The lowest BCUT2D eigenvalue weighted by molar-refractivity contribution is -0.128. The SMILES string of the molecule is CCOC(CN=Cc1cc(C)c2ccccc2c1C)OCC. The fourth-order valence-electron chi connectivity index (χ4n) is 2.63. The number of aliphatic imine (C=N–C) groups is 1. The molecule has 0 saturated carbocycles. The fourth-order valence-corrected chi connectivity index (χ4v) is 2.63. The van der Waals surface area contributed by atoms with E-state index < -0.39 is 0 Å². The molecular formula is C19H25NO2. The van der Waals surface area contributed by atoms with Crippen LogP contribution < -0.4 is 0 Å². The Labute approximate surface area is 133 Å². The van der Waals surface area contributed by atoms with Crippen molar-refractivity contribution in [3.05, 3.63) is 47.0 Å². The Balaban J connectivity index is 2.20. The van der Waals surface area contributed by atoms with E-state index in [-0.39, 0.29) is 6.29 Å². The van der Waals surface area contributed by atoms with Crippen LogP contribution in [-0.2, 0) is 9.47 Å². The average Bonchev–Trinajstić information content (AvgIpc) is 2.52. The predicted octanol–water partition coefficient (Wildman–Crippen LogP) is 4.27. The molecule has 3 nitrogen and oxygen atoms in total. The molecule has 0 aliphatic rings. The van der Waals surface area contributed by atoms with E-state index in [4.69, 9.17) is 9.47 Å². The Morgan fingerprint density at radius 3 is 2.32 bits per heavy atom. The van der Waals surface area contributed by atoms with Crippen molar-refractivity contribution in [3.8, 4) is 0 Å². The third-order valence-electron chi connectivity index (χ3n) is 3.75. The molecule has 0 atom stereocenters. The minimum Gasteiger partial charge on any atom is -0.351 e. The summed E-state index contributed by atoms with van der Waals surface area (Å²) in [5.74, 6) is 0. The minimum absolute atomic E-state index is 0.256. The zero-order valence-electron chi connectivity index (χ0n) is 13.9. The Kier molecular flexibility index (Phi) is 6.10. The second-order valence-electron chi connectivity index (χ2n) is 5.29. The molecule has 2 aromatic rings. The summed E-state index contributed by atoms with van der Waals surface area (Å²) in [6, 6.07) is 10.7. The van der Waals surface area contributed by atoms with E-state index in [1.165, 1.54) is 21.9 Å². The molecule has 0 saturated heterocycles. The number of hydrogen-bond donors (Lipinski definition) is 0. The summed E-state index contributed by atoms with van der Waals surface area (Å²) in [7, 11) is 0. The van der Waals surface area contributed by atoms with Gasteiger partial charge in [-0.05, 0) is 61.2 Å². The smallest absolute Gasteiger partial charge is 0.176 e. The Morgan fingerprint density at radius 2 is 1.68 bits per heavy atom. The van der Waals surface area contributed by atoms with E-state index in [0.29, 0.717) is 19.8 Å². The number of hydrogen-bond acceptors (Lipinski definition) is 3. The monoisotopic (exact) mass is 299 g/mol. The summed E-state index contributed by atoms with van der Waals surface area (Å²) in [6.07, 6.45) is 1.67. The van der Waals surface area contributed by atoms with Crippen molar-refractivity contribution in [1.29, 1.82) is 0 Å². The van der Waals surface area contributed by atoms with Crippen LogP contribution in [0.2, 0.25) is 0 Å². The Morgan fingerprint density at radius 1 is 1.05 bits per heavy atom. The zero-order chi connectivity index (χ0) is 15.9. The van der Waals surface area contributed by atoms with Gasteiger partial charge in [-0.3, -0.25) is 4.99 Å². The van der Waals surface area contributed by atoms with Gasteiger partial charge in [0.25, 0.3) is 0 Å². The maximum Gasteiger partial charge on any atom is 0.176 e. The predicted molar refractivity (Wildman–Crippen MR) is 92.9 cm³/mol. The topological polar surface area (TPSA) is 30.8 Å². The van der Waals surface area contributed by atoms with Crippen LogP contribution in [0.3, 0.4) is 0 Å². The number of nitrogens with zero attached hydrogens (tertiary/aromatic N) is 1. The van der Waals surface area contributed by atoms with Gasteiger partial charge in [0.15, 0.2) is 6.29 Å². The molecule has 0 amide bonds. The quantitative estimate of drug-likeness (QED) is 0.564. The first kappa shape index (κ1) is 16.7. The van der Waals surface area contributed by atoms with Crippen LogP contribution in [-0.4, -0.2) is 32.3 Å². The molecule has 0 aromatic heterocycles. The minimum atomic E-state index is -0.256. The number of ether oxygens (including phenoxy) is 2. The van der Waals surface area contributed by atoms with Crippen LogP contribution in [0, 0.1) is 13.8 Å². The van der Waals surface area contributed by atoms with Crippen LogP contribution in [0.4, 0.5) is 0 Å². The summed E-state index contributed by atoms with van der Waals surface area (Å²) in [5, 5.41) is 2.59. The summed E-state index contributed by atoms with van der Waals surface area (Å²) in [4.78, 5) is 4.51. The zero-order valence-corrected chi connectivity index (χ0v) is 13.9. The first-order valence-electron chi connectivity index (χ1n) is 7.89. The Hall–Kier alpha value is -1.71. The molecule has 0 aliphatic heterocycles. The van der Waals surface area contributed by atoms with Crippen molar-refractivity contribution in [1.82, 2.24) is 0 Å². The molecule has 0 spiro atoms. The van der Waals surface area contributed by atoms with E-state index in [1.807, 2.05) is 20.1 Å². The van der Waals surface area contributed by atoms with Crippen molar-refractivity contribution in [2.24, 2.45) is 4.99 Å². The van der Waals surface area contributed by atoms with Gasteiger partial charge in [0.1, 0.15) is 0 Å². The molecule has 0 aliphatic carbocycles. The van der Waals surface area contributed by atoms with Gasteiger partial charge in [-0.15, -0.1) is 0 Å². The molecule has 2 rings (SSSR count). The van der Waals surface area contributed by atoms with Crippen LogP contribution in [0.1, 0.15) is 30.5 Å². The van der Waals surface area contributed by atoms with Gasteiger partial charge in [0.2, 0.25) is 0 Å². The highest BCUT2D eigenvalue weighted by atomic mass is 16.7. The number of benzene rings is 2. The van der Waals surface area contributed by atoms with Crippen molar-refractivity contribution in [3.63, 3.8) is 0 Å². The standard InChI is InChI=1S/C19H25NO2/c1-5-21-19(22-6-2)13-20-12-16-11-14(3)17-9-7-8-10-18(17)15(16)4/h7-12,19H,5-6,13H2,1-4H3. The number of fused-ring (bicyclic) bond motifs is 1. The van der Waals surface area contributed by atoms with Crippen LogP contribution >= 0.6 is 0 Å². The third-order valence-corrected chi connectivity index (χ3v) is 3.75. The second-order valence-corrected chi connectivity index (χ2v) is 5.29. The van der Waals surface area contributed by atoms with Crippen molar-refractivity contribution in [2.75, 3.05) is 19.8 Å². The summed E-state index contributed by atoms with van der Waals surface area (Å²) in [5.41, 5.74) is 3.69. The van der Waals surface area contributed by atoms with E-state index >= 15 is 0 Å².